The van der Waals surface area contributed by atoms with Crippen LogP contribution in [0.4, 0.5) is 5.00 Å². The van der Waals surface area contributed by atoms with Crippen LogP contribution in [-0.2, 0) is 36.6 Å². The molecule has 1 fully saturated rings. The Balaban J connectivity index is 1.67. The number of hydrogen-bond donors (Lipinski definition) is 1. The van der Waals surface area contributed by atoms with Gasteiger partial charge in [0.25, 0.3) is 5.91 Å². The lowest BCUT2D eigenvalue weighted by Crippen LogP contribution is -2.27. The molecule has 1 aliphatic heterocycles. The van der Waals surface area contributed by atoms with Crippen LogP contribution in [-0.4, -0.2) is 44.3 Å². The highest BCUT2D eigenvalue weighted by Crippen LogP contribution is 2.37. The van der Waals surface area contributed by atoms with Gasteiger partial charge in [-0.1, -0.05) is 6.42 Å². The van der Waals surface area contributed by atoms with Crippen LogP contribution in [0.2, 0.25) is 0 Å². The Kier molecular flexibility index (Phi) is 6.26. The van der Waals surface area contributed by atoms with E-state index in [9.17, 15) is 14.4 Å². The Bertz CT molecular complexity index is 692. The maximum absolute atomic E-state index is 12.2. The molecule has 1 N–H and O–H groups in total. The van der Waals surface area contributed by atoms with Crippen molar-refractivity contribution in [1.82, 2.24) is 0 Å². The van der Waals surface area contributed by atoms with Crippen molar-refractivity contribution in [2.75, 3.05) is 25.6 Å². The fourth-order valence-corrected chi connectivity index (χ4v) is 4.60. The number of rotatable bonds is 5. The quantitative estimate of drug-likeness (QED) is 0.622. The molecule has 142 valence electrons. The second-order valence-corrected chi connectivity index (χ2v) is 7.52. The zero-order valence-electron chi connectivity index (χ0n) is 14.8. The van der Waals surface area contributed by atoms with E-state index in [-0.39, 0.29) is 0 Å². The molecule has 0 aromatic carbocycles. The minimum absolute atomic E-state index is 0.401. The van der Waals surface area contributed by atoms with Crippen LogP contribution >= 0.6 is 11.3 Å². The zero-order valence-corrected chi connectivity index (χ0v) is 15.6. The summed E-state index contributed by atoms with van der Waals surface area (Å²) in [5.41, 5.74) is 1.42. The Morgan fingerprint density at radius 2 is 2.00 bits per heavy atom. The number of thiophene rings is 1. The van der Waals surface area contributed by atoms with Gasteiger partial charge in [-0.15, -0.1) is 11.3 Å². The Morgan fingerprint density at radius 1 is 1.19 bits per heavy atom. The first-order valence-electron chi connectivity index (χ1n) is 8.91. The average molecular weight is 381 g/mol. The summed E-state index contributed by atoms with van der Waals surface area (Å²) in [4.78, 5) is 37.4. The highest BCUT2D eigenvalue weighted by atomic mass is 32.1. The van der Waals surface area contributed by atoms with Gasteiger partial charge in [-0.05, 0) is 44.1 Å². The zero-order chi connectivity index (χ0) is 18.5. The van der Waals surface area contributed by atoms with Crippen molar-refractivity contribution in [1.29, 1.82) is 0 Å². The number of amides is 1. The van der Waals surface area contributed by atoms with Gasteiger partial charge in [0.05, 0.1) is 12.7 Å². The van der Waals surface area contributed by atoms with E-state index in [2.05, 4.69) is 5.32 Å². The van der Waals surface area contributed by atoms with E-state index < -0.39 is 30.6 Å². The van der Waals surface area contributed by atoms with Gasteiger partial charge in [0.1, 0.15) is 5.00 Å². The number of carbonyl (C=O) groups is 3. The third-order valence-electron chi connectivity index (χ3n) is 4.60. The number of anilines is 1. The lowest BCUT2D eigenvalue weighted by molar-refractivity contribution is -0.156. The molecule has 7 nitrogen and oxygen atoms in total. The molecule has 1 aromatic rings. The largest absolute Gasteiger partial charge is 0.465 e. The maximum Gasteiger partial charge on any atom is 0.341 e. The van der Waals surface area contributed by atoms with E-state index in [0.717, 1.165) is 49.0 Å². The molecule has 0 radical (unpaired) electrons. The van der Waals surface area contributed by atoms with Crippen LogP contribution < -0.4 is 5.32 Å². The van der Waals surface area contributed by atoms with E-state index in [4.69, 9.17) is 14.2 Å². The van der Waals surface area contributed by atoms with E-state index >= 15 is 0 Å². The summed E-state index contributed by atoms with van der Waals surface area (Å²) in [5.74, 6) is -1.44. The highest BCUT2D eigenvalue weighted by molar-refractivity contribution is 7.17. The van der Waals surface area contributed by atoms with E-state index in [0.29, 0.717) is 23.6 Å². The number of aryl methyl sites for hydroxylation is 1. The molecule has 0 bridgehead atoms. The normalized spacial score (nSPS) is 19.3. The molecule has 3 rings (SSSR count). The van der Waals surface area contributed by atoms with Crippen LogP contribution in [0.5, 0.6) is 0 Å². The van der Waals surface area contributed by atoms with Crippen molar-refractivity contribution in [2.24, 2.45) is 0 Å². The number of carbonyl (C=O) groups excluding carboxylic acids is 3. The fourth-order valence-electron chi connectivity index (χ4n) is 3.30. The molecule has 1 aliphatic carbocycles. The number of fused-ring (bicyclic) bond motifs is 1. The smallest absolute Gasteiger partial charge is 0.341 e. The van der Waals surface area contributed by atoms with Crippen molar-refractivity contribution in [3.63, 3.8) is 0 Å². The van der Waals surface area contributed by atoms with Crippen molar-refractivity contribution < 1.29 is 28.6 Å². The van der Waals surface area contributed by atoms with Crippen molar-refractivity contribution in [3.8, 4) is 0 Å². The molecule has 26 heavy (non-hydrogen) atoms. The van der Waals surface area contributed by atoms with Gasteiger partial charge in [-0.3, -0.25) is 4.79 Å². The number of methoxy groups -OCH3 is 1. The second-order valence-electron chi connectivity index (χ2n) is 6.42. The predicted octanol–water partition coefficient (Wildman–Crippen LogP) is 2.46. The summed E-state index contributed by atoms with van der Waals surface area (Å²) >= 11 is 1.41. The third-order valence-corrected chi connectivity index (χ3v) is 5.81. The molecular formula is C18H23NO6S. The number of nitrogens with one attached hydrogen (secondary N) is 1. The van der Waals surface area contributed by atoms with Gasteiger partial charge in [-0.25, -0.2) is 9.59 Å². The van der Waals surface area contributed by atoms with E-state index in [1.54, 1.807) is 0 Å². The Labute approximate surface area is 156 Å². The second kappa shape index (κ2) is 8.64. The van der Waals surface area contributed by atoms with Gasteiger partial charge in [0, 0.05) is 11.5 Å². The molecule has 2 heterocycles. The van der Waals surface area contributed by atoms with E-state index in [1.807, 2.05) is 0 Å². The molecule has 1 saturated heterocycles. The maximum atomic E-state index is 12.2. The topological polar surface area (TPSA) is 90.9 Å². The van der Waals surface area contributed by atoms with Gasteiger partial charge in [-0.2, -0.15) is 0 Å². The first-order valence-corrected chi connectivity index (χ1v) is 9.72. The van der Waals surface area contributed by atoms with Crippen LogP contribution in [0, 0.1) is 0 Å². The van der Waals surface area contributed by atoms with E-state index in [1.165, 1.54) is 18.4 Å². The SMILES string of the molecule is COC(=O)c1c(NC(=O)COC(=O)[C@@H]2CCCO2)sc2c1CCCCC2. The molecule has 0 saturated carbocycles. The summed E-state index contributed by atoms with van der Waals surface area (Å²) in [6.07, 6.45) is 5.77. The lowest BCUT2D eigenvalue weighted by atomic mass is 10.1. The Hall–Kier alpha value is -1.93. The molecule has 0 spiro atoms. The molecule has 0 unspecified atom stereocenters. The van der Waals surface area contributed by atoms with Gasteiger partial charge in [0.15, 0.2) is 12.7 Å². The minimum Gasteiger partial charge on any atom is -0.465 e. The van der Waals surface area contributed by atoms with Gasteiger partial charge in [0.2, 0.25) is 0 Å². The summed E-state index contributed by atoms with van der Waals surface area (Å²) < 4.78 is 15.2. The standard InChI is InChI=1S/C18H23NO6S/c1-23-18(22)15-11-6-3-2-4-8-13(11)26-16(15)19-14(20)10-25-17(21)12-7-5-9-24-12/h12H,2-10H2,1H3,(H,19,20)/t12-/m0/s1. The first-order chi connectivity index (χ1) is 12.6. The first kappa shape index (κ1) is 18.8. The molecule has 2 aliphatic rings. The monoisotopic (exact) mass is 381 g/mol. The fraction of sp³-hybridized carbons (Fsp3) is 0.611. The average Bonchev–Trinajstić information content (AvgIpc) is 3.22. The summed E-state index contributed by atoms with van der Waals surface area (Å²) in [5, 5.41) is 3.18. The predicted molar refractivity (Wildman–Crippen MR) is 95.5 cm³/mol. The Morgan fingerprint density at radius 3 is 2.73 bits per heavy atom. The van der Waals surface area contributed by atoms with Crippen LogP contribution in [0.25, 0.3) is 0 Å². The lowest BCUT2D eigenvalue weighted by Gasteiger charge is -2.10. The van der Waals surface area contributed by atoms with Crippen LogP contribution in [0.3, 0.4) is 0 Å². The number of esters is 2. The highest BCUT2D eigenvalue weighted by Gasteiger charge is 2.28. The van der Waals surface area contributed by atoms with Crippen molar-refractivity contribution >= 4 is 34.2 Å². The van der Waals surface area contributed by atoms with Gasteiger partial charge < -0.3 is 19.5 Å². The van der Waals surface area contributed by atoms with Crippen molar-refractivity contribution in [3.05, 3.63) is 16.0 Å². The molecule has 1 amide bonds. The summed E-state index contributed by atoms with van der Waals surface area (Å²) in [6.45, 7) is 0.136. The summed E-state index contributed by atoms with van der Waals surface area (Å²) in [6, 6.07) is 0. The minimum atomic E-state index is -0.578. The summed E-state index contributed by atoms with van der Waals surface area (Å²) in [7, 11) is 1.33. The van der Waals surface area contributed by atoms with Crippen molar-refractivity contribution in [2.45, 2.75) is 51.0 Å². The third kappa shape index (κ3) is 4.24. The molecule has 1 aromatic heterocycles. The molecular weight excluding hydrogens is 358 g/mol. The molecule has 8 heteroatoms. The molecule has 1 atom stereocenters. The van der Waals surface area contributed by atoms with Gasteiger partial charge >= 0.3 is 11.9 Å². The number of hydrogen-bond acceptors (Lipinski definition) is 7. The van der Waals surface area contributed by atoms with Crippen LogP contribution in [0.15, 0.2) is 0 Å². The number of ether oxygens (including phenoxy) is 3. The van der Waals surface area contributed by atoms with Crippen LogP contribution in [0.1, 0.15) is 52.9 Å².